The van der Waals surface area contributed by atoms with Crippen LogP contribution in [0.2, 0.25) is 0 Å². The summed E-state index contributed by atoms with van der Waals surface area (Å²) in [7, 11) is 4.19. The van der Waals surface area contributed by atoms with Gasteiger partial charge in [0.2, 0.25) is 0 Å². The molecule has 0 unspecified atom stereocenters. The fraction of sp³-hybridized carbons (Fsp3) is 0.0435. The average Bonchev–Trinajstić information content (AvgIpc) is 3.99. The maximum atomic E-state index is 6.19. The third kappa shape index (κ3) is 6.14. The van der Waals surface area contributed by atoms with E-state index in [0.29, 0.717) is 22.7 Å². The van der Waals surface area contributed by atoms with Gasteiger partial charge in [0.25, 0.3) is 0 Å². The number of fused-ring (bicyclic) bond motifs is 8. The Kier molecular flexibility index (Phi) is 8.88. The fourth-order valence-corrected chi connectivity index (χ4v) is 7.62. The van der Waals surface area contributed by atoms with Crippen LogP contribution in [-0.4, -0.2) is 19.1 Å². The summed E-state index contributed by atoms with van der Waals surface area (Å²) in [6, 6.07) is 40.6. The van der Waals surface area contributed by atoms with Crippen LogP contribution >= 0.6 is 0 Å². The van der Waals surface area contributed by atoms with E-state index in [-0.39, 0.29) is 16.5 Å². The standard InChI is InChI=1S/C46H38N8.Ni/c1-53-39-23-24-40(53)44(28-5-13-32(48)14-6-28)36-20-22-38(52-36)46(30-9-17-34(50)18-10-30)42-26-25-41(54(42)2)45(29-7-15-33(49)16-8-29)37-21-19-35(51-37)43(39)27-3-11-31(47)12-4-27;/h3-26H,47-50H2,1-2H3;. The van der Waals surface area contributed by atoms with Crippen LogP contribution in [-0.2, 0) is 30.6 Å². The molecule has 0 saturated carbocycles. The quantitative estimate of drug-likeness (QED) is 0.104. The summed E-state index contributed by atoms with van der Waals surface area (Å²) in [5.74, 6) is 0. The largest absolute Gasteiger partial charge is 0.399 e. The van der Waals surface area contributed by atoms with Crippen molar-refractivity contribution in [3.05, 3.63) is 144 Å². The van der Waals surface area contributed by atoms with Gasteiger partial charge in [-0.25, -0.2) is 9.97 Å². The molecule has 8 N–H and O–H groups in total. The molecular formula is C46H38N8Ni. The van der Waals surface area contributed by atoms with Crippen LogP contribution in [0.1, 0.15) is 22.8 Å². The number of rotatable bonds is 4. The molecular weight excluding hydrogens is 723 g/mol. The van der Waals surface area contributed by atoms with E-state index < -0.39 is 0 Å². The molecule has 0 spiro atoms. The van der Waals surface area contributed by atoms with E-state index in [0.717, 1.165) is 89.4 Å². The summed E-state index contributed by atoms with van der Waals surface area (Å²) in [5, 5.41) is 0. The minimum Gasteiger partial charge on any atom is -0.399 e. The SMILES string of the molecule is Cn1c2ccc1c(-c1ccc(N)cc1)c1nc(c(-c3ccc(N)cc3)c3ccc(c(-c4ccc(N)cc4)c4nc(c2-c2ccc(N)cc2)C=C4)n3C)C=C1.[Ni]. The maximum absolute atomic E-state index is 6.19. The van der Waals surface area contributed by atoms with E-state index in [4.69, 9.17) is 32.9 Å². The molecule has 0 fully saturated rings. The molecule has 0 saturated heterocycles. The molecule has 7 aromatic rings. The average molecular weight is 762 g/mol. The smallest absolute Gasteiger partial charge is 0.0737 e. The van der Waals surface area contributed by atoms with E-state index in [1.165, 1.54) is 0 Å². The van der Waals surface area contributed by atoms with Crippen LogP contribution in [0.25, 0.3) is 90.9 Å². The first-order valence-electron chi connectivity index (χ1n) is 17.8. The first-order valence-corrected chi connectivity index (χ1v) is 17.8. The molecule has 0 atom stereocenters. The number of hydrogen-bond acceptors (Lipinski definition) is 6. The second-order valence-electron chi connectivity index (χ2n) is 13.7. The van der Waals surface area contributed by atoms with Gasteiger partial charge in [-0.1, -0.05) is 48.5 Å². The van der Waals surface area contributed by atoms with Gasteiger partial charge in [-0.3, -0.25) is 0 Å². The van der Waals surface area contributed by atoms with Gasteiger partial charge in [-0.15, -0.1) is 0 Å². The molecule has 8 nitrogen and oxygen atoms in total. The molecule has 5 heterocycles. The van der Waals surface area contributed by atoms with Gasteiger partial charge in [0, 0.05) is 75.6 Å². The van der Waals surface area contributed by atoms with Crippen molar-refractivity contribution in [2.75, 3.05) is 22.9 Å². The van der Waals surface area contributed by atoms with Gasteiger partial charge in [-0.05, 0) is 119 Å². The van der Waals surface area contributed by atoms with Gasteiger partial charge >= 0.3 is 0 Å². The van der Waals surface area contributed by atoms with E-state index in [2.05, 4.69) is 120 Å². The zero-order valence-electron chi connectivity index (χ0n) is 30.3. The summed E-state index contributed by atoms with van der Waals surface area (Å²) in [4.78, 5) is 10.8. The van der Waals surface area contributed by atoms with E-state index in [1.807, 2.05) is 48.5 Å². The summed E-state index contributed by atoms with van der Waals surface area (Å²) in [5.41, 5.74) is 42.9. The molecule has 272 valence electrons. The molecule has 8 bridgehead atoms. The number of aromatic nitrogens is 4. The molecule has 2 aliphatic heterocycles. The Hall–Kier alpha value is -6.83. The van der Waals surface area contributed by atoms with Gasteiger partial charge in [0.1, 0.15) is 0 Å². The first-order chi connectivity index (χ1) is 26.2. The van der Waals surface area contributed by atoms with Crippen LogP contribution < -0.4 is 22.9 Å². The number of aryl methyl sites for hydroxylation is 2. The molecule has 55 heavy (non-hydrogen) atoms. The topological polar surface area (TPSA) is 140 Å². The minimum absolute atomic E-state index is 0. The van der Waals surface area contributed by atoms with Crippen molar-refractivity contribution in [1.29, 1.82) is 0 Å². The Bertz CT molecular complexity index is 2460. The summed E-state index contributed by atoms with van der Waals surface area (Å²) >= 11 is 0. The Morgan fingerprint density at radius 2 is 0.527 bits per heavy atom. The second-order valence-corrected chi connectivity index (χ2v) is 13.7. The van der Waals surface area contributed by atoms with Crippen LogP contribution in [0.5, 0.6) is 0 Å². The van der Waals surface area contributed by atoms with Gasteiger partial charge in [0.15, 0.2) is 0 Å². The number of nitrogens with two attached hydrogens (primary N) is 4. The van der Waals surface area contributed by atoms with Gasteiger partial charge in [-0.2, -0.15) is 0 Å². The summed E-state index contributed by atoms with van der Waals surface area (Å²) < 4.78 is 4.45. The van der Waals surface area contributed by atoms with Crippen molar-refractivity contribution in [3.8, 4) is 44.5 Å². The molecule has 0 radical (unpaired) electrons. The zero-order valence-corrected chi connectivity index (χ0v) is 31.3. The number of anilines is 4. The number of hydrogen-bond donors (Lipinski definition) is 4. The zero-order chi connectivity index (χ0) is 37.1. The van der Waals surface area contributed by atoms with Crippen molar-refractivity contribution in [3.63, 3.8) is 0 Å². The Morgan fingerprint density at radius 3 is 0.727 bits per heavy atom. The minimum atomic E-state index is 0. The number of nitrogen functional groups attached to an aromatic ring is 4. The molecule has 3 aromatic heterocycles. The van der Waals surface area contributed by atoms with Crippen LogP contribution in [0.3, 0.4) is 0 Å². The van der Waals surface area contributed by atoms with Crippen molar-refractivity contribution >= 4 is 69.1 Å². The van der Waals surface area contributed by atoms with Crippen LogP contribution in [0, 0.1) is 0 Å². The molecule has 9 heteroatoms. The molecule has 4 aromatic carbocycles. The third-order valence-corrected chi connectivity index (χ3v) is 10.4. The molecule has 9 rings (SSSR count). The second kappa shape index (κ2) is 13.9. The predicted octanol–water partition coefficient (Wildman–Crippen LogP) is 9.67. The van der Waals surface area contributed by atoms with E-state index in [1.54, 1.807) is 0 Å². The van der Waals surface area contributed by atoms with E-state index in [9.17, 15) is 0 Å². The van der Waals surface area contributed by atoms with Crippen molar-refractivity contribution in [2.24, 2.45) is 14.1 Å². The van der Waals surface area contributed by atoms with Crippen LogP contribution in [0.4, 0.5) is 22.7 Å². The Morgan fingerprint density at radius 1 is 0.327 bits per heavy atom. The molecule has 2 aliphatic rings. The predicted molar refractivity (Wildman–Crippen MR) is 227 cm³/mol. The molecule has 0 amide bonds. The fourth-order valence-electron chi connectivity index (χ4n) is 7.62. The monoisotopic (exact) mass is 760 g/mol. The van der Waals surface area contributed by atoms with Gasteiger partial charge in [0.05, 0.1) is 44.8 Å². The summed E-state index contributed by atoms with van der Waals surface area (Å²) in [6.07, 6.45) is 8.42. The van der Waals surface area contributed by atoms with Crippen molar-refractivity contribution in [2.45, 2.75) is 0 Å². The molecule has 0 aliphatic carbocycles. The maximum Gasteiger partial charge on any atom is 0.0737 e. The third-order valence-electron chi connectivity index (χ3n) is 10.4. The van der Waals surface area contributed by atoms with Gasteiger partial charge < -0.3 is 32.1 Å². The number of benzene rings is 4. The number of nitrogens with zero attached hydrogens (tertiary/aromatic N) is 4. The first kappa shape index (κ1) is 35.2. The van der Waals surface area contributed by atoms with Crippen LogP contribution in [0.15, 0.2) is 121 Å². The van der Waals surface area contributed by atoms with E-state index >= 15 is 0 Å². The summed E-state index contributed by atoms with van der Waals surface area (Å²) in [6.45, 7) is 0. The van der Waals surface area contributed by atoms with Crippen molar-refractivity contribution < 1.29 is 16.5 Å². The Balaban J connectivity index is 0.00000427. The normalized spacial score (nSPS) is 11.8. The Labute approximate surface area is 329 Å². The van der Waals surface area contributed by atoms with Crippen molar-refractivity contribution in [1.82, 2.24) is 19.1 Å².